The van der Waals surface area contributed by atoms with Crippen LogP contribution in [0.25, 0.3) is 0 Å². The molecule has 0 saturated carbocycles. The molecule has 54 heavy (non-hydrogen) atoms. The van der Waals surface area contributed by atoms with E-state index in [0.717, 1.165) is 0 Å². The van der Waals surface area contributed by atoms with Gasteiger partial charge in [-0.25, -0.2) is 20.0 Å². The maximum atomic E-state index is 12.2. The monoisotopic (exact) mass is 740 g/mol. The number of hydrogen-bond acceptors (Lipinski definition) is 10. The molecule has 0 saturated heterocycles. The van der Waals surface area contributed by atoms with Gasteiger partial charge in [-0.1, -0.05) is 0 Å². The molecule has 6 N–H and O–H groups in total. The van der Waals surface area contributed by atoms with Crippen molar-refractivity contribution in [2.24, 2.45) is 20.0 Å². The smallest absolute Gasteiger partial charge is 0.307 e. The quantitative estimate of drug-likeness (QED) is 0.122. The zero-order chi connectivity index (χ0) is 39.4. The minimum Gasteiger partial charge on any atom is -0.481 e. The first-order valence-electron chi connectivity index (χ1n) is 16.9. The number of allylic oxidation sites excluding steroid dienone is 11. The van der Waals surface area contributed by atoms with Crippen LogP contribution in [0.2, 0.25) is 0 Å². The van der Waals surface area contributed by atoms with Crippen LogP contribution in [0.3, 0.4) is 0 Å². The first kappa shape index (κ1) is 38.6. The molecule has 5 heterocycles. The summed E-state index contributed by atoms with van der Waals surface area (Å²) in [5, 5.41) is 58.1. The Balaban J connectivity index is 1.85. The third-order valence-electron chi connectivity index (χ3n) is 9.33. The molecule has 16 heteroatoms. The third kappa shape index (κ3) is 8.71. The van der Waals surface area contributed by atoms with Gasteiger partial charge in [0.1, 0.15) is 0 Å². The van der Waals surface area contributed by atoms with Crippen LogP contribution in [0.4, 0.5) is 0 Å². The van der Waals surface area contributed by atoms with Crippen molar-refractivity contribution in [3.63, 3.8) is 0 Å². The van der Waals surface area contributed by atoms with Crippen molar-refractivity contribution in [1.82, 2.24) is 0 Å². The number of carboxylic acid groups (broad SMARTS) is 6. The summed E-state index contributed by atoms with van der Waals surface area (Å²) in [5.41, 5.74) is 5.18. The first-order chi connectivity index (χ1) is 25.5. The second-order valence-corrected chi connectivity index (χ2v) is 12.9. The van der Waals surface area contributed by atoms with Crippen LogP contribution in [-0.2, 0) is 28.8 Å². The number of carboxylic acids is 6. The predicted octanol–water partition coefficient (Wildman–Crippen LogP) is 4.99. The van der Waals surface area contributed by atoms with Crippen LogP contribution in [-0.4, -0.2) is 89.3 Å². The van der Waals surface area contributed by atoms with Crippen molar-refractivity contribution in [3.05, 3.63) is 91.7 Å². The average molecular weight is 741 g/mol. The number of aliphatic carboxylic acids is 6. The number of nitrogens with zero attached hydrogens (tertiary/aromatic N) is 4. The van der Waals surface area contributed by atoms with E-state index in [9.17, 15) is 59.4 Å². The van der Waals surface area contributed by atoms with Gasteiger partial charge in [-0.3, -0.25) is 28.8 Å². The van der Waals surface area contributed by atoms with Gasteiger partial charge in [-0.15, -0.1) is 0 Å². The van der Waals surface area contributed by atoms with E-state index in [0.29, 0.717) is 44.8 Å². The third-order valence-corrected chi connectivity index (χ3v) is 9.33. The first-order valence-corrected chi connectivity index (χ1v) is 16.9. The fourth-order valence-electron chi connectivity index (χ4n) is 6.73. The van der Waals surface area contributed by atoms with Gasteiger partial charge in [0.2, 0.25) is 0 Å². The SMILES string of the molecule is CC1=C(CCC(=O)O)C2=NC1=CC1=NC(=CC3=NC(=CC4=NC(=C2)C(CC(=O)O)=C4CCC(=O)O)C(C)=C3CCC(=O)O)C(CCC(=O)O)=C1CC(=O)O. The van der Waals surface area contributed by atoms with Crippen LogP contribution in [0, 0.1) is 0 Å². The molecule has 0 aromatic heterocycles. The van der Waals surface area contributed by atoms with Crippen molar-refractivity contribution in [1.29, 1.82) is 0 Å². The van der Waals surface area contributed by atoms with Crippen molar-refractivity contribution >= 4 is 58.7 Å². The van der Waals surface area contributed by atoms with E-state index in [1.165, 1.54) is 12.2 Å². The highest BCUT2D eigenvalue weighted by Crippen LogP contribution is 2.40. The van der Waals surface area contributed by atoms with Gasteiger partial charge in [0, 0.05) is 25.7 Å². The normalized spacial score (nSPS) is 17.8. The lowest BCUT2D eigenvalue weighted by atomic mass is 9.93. The molecule has 0 spiro atoms. The van der Waals surface area contributed by atoms with E-state index in [1.807, 2.05) is 0 Å². The second-order valence-electron chi connectivity index (χ2n) is 12.9. The molecular formula is C38H36N4O12. The van der Waals surface area contributed by atoms with Gasteiger partial charge in [-0.05, 0) is 108 Å². The van der Waals surface area contributed by atoms with Crippen LogP contribution in [0.15, 0.2) is 112 Å². The summed E-state index contributed by atoms with van der Waals surface area (Å²) < 4.78 is 0. The van der Waals surface area contributed by atoms with Crippen LogP contribution >= 0.6 is 0 Å². The van der Waals surface area contributed by atoms with E-state index in [1.54, 1.807) is 26.0 Å². The van der Waals surface area contributed by atoms with Crippen LogP contribution in [0.1, 0.15) is 78.1 Å². The van der Waals surface area contributed by atoms with Gasteiger partial charge in [0.15, 0.2) is 0 Å². The van der Waals surface area contributed by atoms with Gasteiger partial charge >= 0.3 is 35.8 Å². The van der Waals surface area contributed by atoms with E-state index in [2.05, 4.69) is 0 Å². The van der Waals surface area contributed by atoms with Gasteiger partial charge in [0.05, 0.1) is 58.5 Å². The molecule has 8 bridgehead atoms. The highest BCUT2D eigenvalue weighted by molar-refractivity contribution is 6.21. The number of rotatable bonds is 16. The molecule has 0 atom stereocenters. The number of fused-ring (bicyclic) bond motifs is 4. The zero-order valence-electron chi connectivity index (χ0n) is 29.3. The van der Waals surface area contributed by atoms with Crippen molar-refractivity contribution in [2.75, 3.05) is 0 Å². The lowest BCUT2D eigenvalue weighted by Crippen LogP contribution is -2.07. The Morgan fingerprint density at radius 2 is 0.685 bits per heavy atom. The zero-order valence-corrected chi connectivity index (χ0v) is 29.3. The lowest BCUT2D eigenvalue weighted by molar-refractivity contribution is -0.138. The molecule has 0 amide bonds. The largest absolute Gasteiger partial charge is 0.481 e. The Morgan fingerprint density at radius 1 is 0.389 bits per heavy atom. The fraction of sp³-hybridized carbons (Fsp3) is 0.316. The fourth-order valence-corrected chi connectivity index (χ4v) is 6.73. The minimum atomic E-state index is -1.21. The predicted molar refractivity (Wildman–Crippen MR) is 194 cm³/mol. The summed E-state index contributed by atoms with van der Waals surface area (Å²) in [6.07, 6.45) is 3.68. The molecular weight excluding hydrogens is 704 g/mol. The Hall–Kier alpha value is -6.58. The summed E-state index contributed by atoms with van der Waals surface area (Å²) in [6.45, 7) is 3.40. The van der Waals surface area contributed by atoms with Gasteiger partial charge < -0.3 is 30.6 Å². The maximum Gasteiger partial charge on any atom is 0.307 e. The Bertz CT molecular complexity index is 2190. The topological polar surface area (TPSA) is 273 Å². The molecule has 0 unspecified atom stereocenters. The van der Waals surface area contributed by atoms with Crippen molar-refractivity contribution < 1.29 is 59.4 Å². The molecule has 0 fully saturated rings. The molecule has 5 rings (SSSR count). The standard InChI is InChI=1S/C38H36N4O12/c1-17-19(3-7-33(43)44)27-15-30-22(6-10-36(49)50)23(11-37(51)52)31(42-30)14-26-18(2)20(4-8-34(45)46)28(40-26)16-32-24(12-38(53)54)21(5-9-35(47)48)29(41-32)13-25(17)39-27/h13-16H,3-12H2,1-2H3,(H,43,44)(H,45,46)(H,47,48)(H,49,50)(H,51,52)(H,53,54). The number of hydrogen-bond donors (Lipinski definition) is 6. The average Bonchev–Trinajstić information content (AvgIpc) is 3.74. The molecule has 280 valence electrons. The molecule has 0 aliphatic carbocycles. The molecule has 5 aliphatic rings. The Morgan fingerprint density at radius 3 is 1.09 bits per heavy atom. The molecule has 0 aromatic rings. The molecule has 16 nitrogen and oxygen atoms in total. The summed E-state index contributed by atoms with van der Waals surface area (Å²) in [6, 6.07) is 0. The summed E-state index contributed by atoms with van der Waals surface area (Å²) >= 11 is 0. The van der Waals surface area contributed by atoms with Crippen LogP contribution in [0.5, 0.6) is 0 Å². The number of aliphatic imine (C=N–C) groups is 4. The van der Waals surface area contributed by atoms with E-state index in [4.69, 9.17) is 20.0 Å². The van der Waals surface area contributed by atoms with E-state index < -0.39 is 48.7 Å². The minimum absolute atomic E-state index is 0.0191. The second kappa shape index (κ2) is 16.0. The highest BCUT2D eigenvalue weighted by Gasteiger charge is 2.32. The molecule has 0 radical (unpaired) electrons. The van der Waals surface area contributed by atoms with Crippen LogP contribution < -0.4 is 0 Å². The van der Waals surface area contributed by atoms with Crippen molar-refractivity contribution in [2.45, 2.75) is 78.1 Å². The Kier molecular flexibility index (Phi) is 11.4. The highest BCUT2D eigenvalue weighted by atomic mass is 16.4. The number of carbonyl (C=O) groups is 6. The van der Waals surface area contributed by atoms with E-state index in [-0.39, 0.29) is 96.8 Å². The Labute approximate surface area is 307 Å². The van der Waals surface area contributed by atoms with Gasteiger partial charge in [-0.2, -0.15) is 0 Å². The van der Waals surface area contributed by atoms with Crippen molar-refractivity contribution in [3.8, 4) is 0 Å². The summed E-state index contributed by atoms with van der Waals surface area (Å²) in [4.78, 5) is 90.2. The summed E-state index contributed by atoms with van der Waals surface area (Å²) in [5.74, 6) is -6.84. The lowest BCUT2D eigenvalue weighted by Gasteiger charge is -2.08. The van der Waals surface area contributed by atoms with E-state index >= 15 is 0 Å². The maximum absolute atomic E-state index is 12.2. The van der Waals surface area contributed by atoms with Gasteiger partial charge in [0.25, 0.3) is 0 Å². The molecule has 0 aromatic carbocycles. The molecule has 5 aliphatic heterocycles. The summed E-state index contributed by atoms with van der Waals surface area (Å²) in [7, 11) is 0.